The number of H-pyrrole nitrogens is 1. The third-order valence-corrected chi connectivity index (χ3v) is 5.88. The fraction of sp³-hybridized carbons (Fsp3) is 0.292. The van der Waals surface area contributed by atoms with Crippen molar-refractivity contribution in [3.8, 4) is 11.4 Å². The fourth-order valence-electron chi connectivity index (χ4n) is 4.29. The van der Waals surface area contributed by atoms with Crippen LogP contribution >= 0.6 is 0 Å². The topological polar surface area (TPSA) is 75.0 Å². The molecule has 1 N–H and O–H groups in total. The summed E-state index contributed by atoms with van der Waals surface area (Å²) in [5.74, 6) is 1.64. The van der Waals surface area contributed by atoms with Crippen molar-refractivity contribution in [1.29, 1.82) is 0 Å². The van der Waals surface area contributed by atoms with E-state index in [4.69, 9.17) is 4.52 Å². The molecule has 2 aromatic heterocycles. The number of aryl methyl sites for hydroxylation is 1. The summed E-state index contributed by atoms with van der Waals surface area (Å²) in [6.07, 6.45) is 2.73. The molecule has 0 bridgehead atoms. The van der Waals surface area contributed by atoms with Crippen LogP contribution in [0.4, 0.5) is 0 Å². The average molecular weight is 400 g/mol. The van der Waals surface area contributed by atoms with Crippen LogP contribution in [0.25, 0.3) is 22.3 Å². The molecule has 0 spiro atoms. The number of piperidine rings is 1. The lowest BCUT2D eigenvalue weighted by atomic mass is 9.94. The molecule has 152 valence electrons. The molecule has 4 aromatic rings. The molecule has 1 aliphatic rings. The quantitative estimate of drug-likeness (QED) is 0.542. The van der Waals surface area contributed by atoms with Crippen LogP contribution in [0.5, 0.6) is 0 Å². The normalized spacial score (nSPS) is 16.8. The Hall–Kier alpha value is -3.41. The van der Waals surface area contributed by atoms with E-state index in [1.807, 2.05) is 66.4 Å². The van der Waals surface area contributed by atoms with Gasteiger partial charge in [0.1, 0.15) is 5.69 Å². The highest BCUT2D eigenvalue weighted by molar-refractivity contribution is 5.98. The predicted molar refractivity (Wildman–Crippen MR) is 115 cm³/mol. The van der Waals surface area contributed by atoms with Crippen molar-refractivity contribution in [2.24, 2.45) is 5.92 Å². The van der Waals surface area contributed by atoms with Gasteiger partial charge in [0.2, 0.25) is 11.7 Å². The van der Waals surface area contributed by atoms with Crippen LogP contribution in [0.2, 0.25) is 0 Å². The van der Waals surface area contributed by atoms with Crippen LogP contribution in [0.3, 0.4) is 0 Å². The smallest absolute Gasteiger partial charge is 0.270 e. The highest BCUT2D eigenvalue weighted by atomic mass is 16.5. The predicted octanol–water partition coefficient (Wildman–Crippen LogP) is 4.62. The molecular formula is C24H24N4O2. The van der Waals surface area contributed by atoms with Gasteiger partial charge in [-0.15, -0.1) is 0 Å². The molecule has 6 nitrogen and oxygen atoms in total. The van der Waals surface area contributed by atoms with Crippen LogP contribution in [0, 0.1) is 12.8 Å². The summed E-state index contributed by atoms with van der Waals surface area (Å²) in [4.78, 5) is 22.8. The first-order valence-electron chi connectivity index (χ1n) is 10.4. The van der Waals surface area contributed by atoms with E-state index in [0.717, 1.165) is 41.4 Å². The molecule has 0 saturated carbocycles. The Morgan fingerprint density at radius 1 is 1.20 bits per heavy atom. The SMILES string of the molecule is Cc1ccccc1-c1noc(CC2CCCN(C(=O)c3cc4ccccc4[nH]3)C2)n1. The summed E-state index contributed by atoms with van der Waals surface area (Å²) in [6.45, 7) is 3.53. The van der Waals surface area contributed by atoms with Crippen LogP contribution in [-0.4, -0.2) is 39.0 Å². The van der Waals surface area contributed by atoms with Gasteiger partial charge in [-0.25, -0.2) is 0 Å². The number of aromatic nitrogens is 3. The van der Waals surface area contributed by atoms with Crippen molar-refractivity contribution in [2.45, 2.75) is 26.2 Å². The molecule has 1 aliphatic heterocycles. The number of carbonyl (C=O) groups is 1. The summed E-state index contributed by atoms with van der Waals surface area (Å²) in [5, 5.41) is 5.23. The van der Waals surface area contributed by atoms with Crippen molar-refractivity contribution >= 4 is 16.8 Å². The molecule has 2 aromatic carbocycles. The number of nitrogens with zero attached hydrogens (tertiary/aromatic N) is 3. The number of aromatic amines is 1. The Balaban J connectivity index is 1.28. The number of amides is 1. The second-order valence-corrected chi connectivity index (χ2v) is 8.06. The molecular weight excluding hydrogens is 376 g/mol. The second kappa shape index (κ2) is 7.78. The number of benzene rings is 2. The third-order valence-electron chi connectivity index (χ3n) is 5.88. The van der Waals surface area contributed by atoms with E-state index in [-0.39, 0.29) is 5.91 Å². The van der Waals surface area contributed by atoms with Gasteiger partial charge in [0.05, 0.1) is 0 Å². The first-order valence-corrected chi connectivity index (χ1v) is 10.4. The molecule has 1 atom stereocenters. The van der Waals surface area contributed by atoms with Gasteiger partial charge in [-0.1, -0.05) is 47.6 Å². The maximum atomic E-state index is 13.0. The van der Waals surface area contributed by atoms with E-state index in [1.54, 1.807) is 0 Å². The van der Waals surface area contributed by atoms with Crippen LogP contribution in [0.15, 0.2) is 59.1 Å². The molecule has 1 unspecified atom stereocenters. The summed E-state index contributed by atoms with van der Waals surface area (Å²) in [6, 6.07) is 17.9. The Kier molecular flexibility index (Phi) is 4.83. The van der Waals surface area contributed by atoms with Crippen molar-refractivity contribution in [3.05, 3.63) is 71.7 Å². The zero-order valence-corrected chi connectivity index (χ0v) is 17.0. The summed E-state index contributed by atoms with van der Waals surface area (Å²) in [7, 11) is 0. The van der Waals surface area contributed by atoms with Gasteiger partial charge >= 0.3 is 0 Å². The highest BCUT2D eigenvalue weighted by Crippen LogP contribution is 2.25. The first-order chi connectivity index (χ1) is 14.7. The molecule has 3 heterocycles. The number of para-hydroxylation sites is 1. The lowest BCUT2D eigenvalue weighted by Crippen LogP contribution is -2.40. The van der Waals surface area contributed by atoms with Crippen LogP contribution in [0.1, 0.15) is 34.8 Å². The number of rotatable bonds is 4. The standard InChI is InChI=1S/C24H24N4O2/c1-16-7-2-4-10-19(16)23-26-22(30-27-23)13-17-8-6-12-28(15-17)24(29)21-14-18-9-3-5-11-20(18)25-21/h2-5,7,9-11,14,17,25H,6,8,12-13,15H2,1H3. The summed E-state index contributed by atoms with van der Waals surface area (Å²) in [5.41, 5.74) is 3.75. The minimum Gasteiger partial charge on any atom is -0.351 e. The molecule has 1 amide bonds. The minimum atomic E-state index is 0.0574. The number of nitrogens with one attached hydrogen (secondary N) is 1. The largest absolute Gasteiger partial charge is 0.351 e. The van der Waals surface area contributed by atoms with Gasteiger partial charge in [-0.05, 0) is 43.4 Å². The zero-order chi connectivity index (χ0) is 20.5. The van der Waals surface area contributed by atoms with E-state index in [0.29, 0.717) is 36.3 Å². The molecule has 1 fully saturated rings. The van der Waals surface area contributed by atoms with Gasteiger partial charge in [0, 0.05) is 36.0 Å². The summed E-state index contributed by atoms with van der Waals surface area (Å²) < 4.78 is 5.53. The van der Waals surface area contributed by atoms with Crippen molar-refractivity contribution in [1.82, 2.24) is 20.0 Å². The van der Waals surface area contributed by atoms with Crippen molar-refractivity contribution < 1.29 is 9.32 Å². The fourth-order valence-corrected chi connectivity index (χ4v) is 4.29. The van der Waals surface area contributed by atoms with E-state index in [2.05, 4.69) is 15.1 Å². The third kappa shape index (κ3) is 3.61. The molecule has 6 heteroatoms. The number of likely N-dealkylation sites (tertiary alicyclic amines) is 1. The van der Waals surface area contributed by atoms with Crippen molar-refractivity contribution in [3.63, 3.8) is 0 Å². The Bertz CT molecular complexity index is 1160. The van der Waals surface area contributed by atoms with Crippen LogP contribution < -0.4 is 0 Å². The molecule has 1 saturated heterocycles. The minimum absolute atomic E-state index is 0.0574. The van der Waals surface area contributed by atoms with E-state index in [1.165, 1.54) is 0 Å². The van der Waals surface area contributed by atoms with E-state index in [9.17, 15) is 4.79 Å². The maximum absolute atomic E-state index is 13.0. The maximum Gasteiger partial charge on any atom is 0.270 e. The summed E-state index contributed by atoms with van der Waals surface area (Å²) >= 11 is 0. The van der Waals surface area contributed by atoms with Gasteiger partial charge in [-0.3, -0.25) is 4.79 Å². The Morgan fingerprint density at radius 2 is 2.03 bits per heavy atom. The molecule has 30 heavy (non-hydrogen) atoms. The van der Waals surface area contributed by atoms with E-state index >= 15 is 0 Å². The Morgan fingerprint density at radius 3 is 2.90 bits per heavy atom. The lowest BCUT2D eigenvalue weighted by molar-refractivity contribution is 0.0663. The number of fused-ring (bicyclic) bond motifs is 1. The molecule has 0 aliphatic carbocycles. The Labute approximate surface area is 174 Å². The van der Waals surface area contributed by atoms with Crippen LogP contribution in [-0.2, 0) is 6.42 Å². The zero-order valence-electron chi connectivity index (χ0n) is 17.0. The van der Waals surface area contributed by atoms with Gasteiger partial charge in [0.25, 0.3) is 5.91 Å². The average Bonchev–Trinajstić information content (AvgIpc) is 3.41. The number of carbonyl (C=O) groups excluding carboxylic acids is 1. The monoisotopic (exact) mass is 400 g/mol. The molecule has 0 radical (unpaired) electrons. The van der Waals surface area contributed by atoms with Gasteiger partial charge in [0.15, 0.2) is 0 Å². The number of hydrogen-bond acceptors (Lipinski definition) is 4. The van der Waals surface area contributed by atoms with Crippen molar-refractivity contribution in [2.75, 3.05) is 13.1 Å². The number of hydrogen-bond donors (Lipinski definition) is 1. The van der Waals surface area contributed by atoms with Gasteiger partial charge in [-0.2, -0.15) is 4.98 Å². The lowest BCUT2D eigenvalue weighted by Gasteiger charge is -2.31. The first kappa shape index (κ1) is 18.6. The second-order valence-electron chi connectivity index (χ2n) is 8.06. The van der Waals surface area contributed by atoms with E-state index < -0.39 is 0 Å². The van der Waals surface area contributed by atoms with Gasteiger partial charge < -0.3 is 14.4 Å². The molecule has 5 rings (SSSR count). The highest BCUT2D eigenvalue weighted by Gasteiger charge is 2.27.